The van der Waals surface area contributed by atoms with E-state index in [2.05, 4.69) is 4.98 Å². The zero-order valence-electron chi connectivity index (χ0n) is 10.5. The van der Waals surface area contributed by atoms with Crippen LogP contribution in [0.15, 0.2) is 18.2 Å². The first-order valence-electron chi connectivity index (χ1n) is 6.09. The predicted molar refractivity (Wildman–Crippen MR) is 73.0 cm³/mol. The van der Waals surface area contributed by atoms with Gasteiger partial charge in [-0.2, -0.15) is 0 Å². The number of phenols is 1. The largest absolute Gasteiger partial charge is 0.504 e. The second kappa shape index (κ2) is 4.66. The predicted octanol–water partition coefficient (Wildman–Crippen LogP) is 3.04. The SMILES string of the molecule is COc1cc(-c2nc3c(s2)CCCC3=O)ccc1O. The molecule has 1 heterocycles. The number of ether oxygens (including phenoxy) is 1. The van der Waals surface area contributed by atoms with Gasteiger partial charge in [0.2, 0.25) is 0 Å². The van der Waals surface area contributed by atoms with Gasteiger partial charge in [-0.25, -0.2) is 4.98 Å². The first kappa shape index (κ1) is 12.2. The van der Waals surface area contributed by atoms with Crippen LogP contribution in [0.2, 0.25) is 0 Å². The number of hydrogen-bond acceptors (Lipinski definition) is 5. The van der Waals surface area contributed by atoms with Crippen molar-refractivity contribution in [1.82, 2.24) is 4.98 Å². The molecule has 0 saturated carbocycles. The van der Waals surface area contributed by atoms with E-state index in [0.29, 0.717) is 17.9 Å². The fraction of sp³-hybridized carbons (Fsp3) is 0.286. The lowest BCUT2D eigenvalue weighted by Crippen LogP contribution is -2.08. The molecular formula is C14H13NO3S. The van der Waals surface area contributed by atoms with Crippen molar-refractivity contribution in [2.75, 3.05) is 7.11 Å². The van der Waals surface area contributed by atoms with Crippen LogP contribution in [-0.2, 0) is 6.42 Å². The van der Waals surface area contributed by atoms with Crippen molar-refractivity contribution in [1.29, 1.82) is 0 Å². The summed E-state index contributed by atoms with van der Waals surface area (Å²) in [5.74, 6) is 0.648. The Bertz CT molecular complexity index is 648. The Morgan fingerprint density at radius 3 is 2.95 bits per heavy atom. The minimum Gasteiger partial charge on any atom is -0.504 e. The van der Waals surface area contributed by atoms with E-state index in [1.165, 1.54) is 7.11 Å². The van der Waals surface area contributed by atoms with E-state index in [4.69, 9.17) is 4.74 Å². The number of aromatic nitrogens is 1. The number of aromatic hydroxyl groups is 1. The summed E-state index contributed by atoms with van der Waals surface area (Å²) in [5, 5.41) is 10.4. The second-order valence-corrected chi connectivity index (χ2v) is 5.54. The normalized spacial score (nSPS) is 14.3. The van der Waals surface area contributed by atoms with Crippen LogP contribution in [0.4, 0.5) is 0 Å². The fourth-order valence-corrected chi connectivity index (χ4v) is 3.32. The highest BCUT2D eigenvalue weighted by molar-refractivity contribution is 7.15. The van der Waals surface area contributed by atoms with Crippen molar-refractivity contribution >= 4 is 17.1 Å². The van der Waals surface area contributed by atoms with Crippen LogP contribution in [-0.4, -0.2) is 23.0 Å². The Morgan fingerprint density at radius 1 is 1.37 bits per heavy atom. The van der Waals surface area contributed by atoms with Crippen molar-refractivity contribution in [3.05, 3.63) is 28.8 Å². The molecule has 0 aliphatic heterocycles. The minimum atomic E-state index is 0.101. The number of Topliss-reactive ketones (excluding diaryl/α,β-unsaturated/α-hetero) is 1. The summed E-state index contributed by atoms with van der Waals surface area (Å²) in [6, 6.07) is 5.10. The maximum absolute atomic E-state index is 11.8. The Morgan fingerprint density at radius 2 is 2.21 bits per heavy atom. The number of carbonyl (C=O) groups is 1. The Kier molecular flexibility index (Phi) is 2.98. The van der Waals surface area contributed by atoms with Crippen LogP contribution in [0.1, 0.15) is 28.2 Å². The number of methoxy groups -OCH3 is 1. The third-order valence-electron chi connectivity index (χ3n) is 3.20. The van der Waals surface area contributed by atoms with Crippen molar-refractivity contribution in [3.8, 4) is 22.1 Å². The molecule has 0 spiro atoms. The van der Waals surface area contributed by atoms with Gasteiger partial charge in [0.1, 0.15) is 10.7 Å². The standard InChI is InChI=1S/C14H13NO3S/c1-18-11-7-8(5-6-9(11)16)14-15-13-10(17)3-2-4-12(13)19-14/h5-7,16H,2-4H2,1H3. The summed E-state index contributed by atoms with van der Waals surface area (Å²) in [4.78, 5) is 17.3. The Hall–Kier alpha value is -1.88. The summed E-state index contributed by atoms with van der Waals surface area (Å²) in [6.45, 7) is 0. The van der Waals surface area contributed by atoms with E-state index in [0.717, 1.165) is 28.3 Å². The van der Waals surface area contributed by atoms with Crippen LogP contribution in [0.25, 0.3) is 10.6 Å². The Balaban J connectivity index is 2.05. The smallest absolute Gasteiger partial charge is 0.182 e. The van der Waals surface area contributed by atoms with E-state index in [1.807, 2.05) is 0 Å². The highest BCUT2D eigenvalue weighted by atomic mass is 32.1. The number of hydrogen-bond donors (Lipinski definition) is 1. The van der Waals surface area contributed by atoms with Crippen LogP contribution in [0, 0.1) is 0 Å². The van der Waals surface area contributed by atoms with Crippen molar-refractivity contribution in [2.45, 2.75) is 19.3 Å². The fourth-order valence-electron chi connectivity index (χ4n) is 2.20. The molecule has 0 atom stereocenters. The van der Waals surface area contributed by atoms with Crippen LogP contribution in [0.5, 0.6) is 11.5 Å². The third-order valence-corrected chi connectivity index (χ3v) is 4.36. The molecule has 4 nitrogen and oxygen atoms in total. The van der Waals surface area contributed by atoms with E-state index in [-0.39, 0.29) is 11.5 Å². The Labute approximate surface area is 114 Å². The van der Waals surface area contributed by atoms with Gasteiger partial charge in [-0.15, -0.1) is 11.3 Å². The van der Waals surface area contributed by atoms with Crippen molar-refractivity contribution in [2.24, 2.45) is 0 Å². The van der Waals surface area contributed by atoms with Crippen molar-refractivity contribution < 1.29 is 14.6 Å². The molecule has 0 unspecified atom stereocenters. The number of aryl methyl sites for hydroxylation is 1. The molecular weight excluding hydrogens is 262 g/mol. The molecule has 0 saturated heterocycles. The molecule has 0 radical (unpaired) electrons. The monoisotopic (exact) mass is 275 g/mol. The molecule has 1 aliphatic rings. The highest BCUT2D eigenvalue weighted by Gasteiger charge is 2.22. The molecule has 3 rings (SSSR count). The number of benzene rings is 1. The number of ketones is 1. The van der Waals surface area contributed by atoms with E-state index < -0.39 is 0 Å². The molecule has 98 valence electrons. The molecule has 0 amide bonds. The first-order valence-corrected chi connectivity index (χ1v) is 6.91. The summed E-state index contributed by atoms with van der Waals surface area (Å²) >= 11 is 1.55. The van der Waals surface area contributed by atoms with E-state index >= 15 is 0 Å². The number of rotatable bonds is 2. The van der Waals surface area contributed by atoms with Gasteiger partial charge in [0.05, 0.1) is 7.11 Å². The minimum absolute atomic E-state index is 0.101. The molecule has 0 fully saturated rings. The first-order chi connectivity index (χ1) is 9.19. The molecule has 0 bridgehead atoms. The summed E-state index contributed by atoms with van der Waals surface area (Å²) in [6.07, 6.45) is 2.43. The van der Waals surface area contributed by atoms with Gasteiger partial charge in [0.25, 0.3) is 0 Å². The summed E-state index contributed by atoms with van der Waals surface area (Å²) in [5.41, 5.74) is 1.49. The lowest BCUT2D eigenvalue weighted by atomic mass is 10.0. The summed E-state index contributed by atoms with van der Waals surface area (Å²) in [7, 11) is 1.51. The number of fused-ring (bicyclic) bond motifs is 1. The van der Waals surface area contributed by atoms with Gasteiger partial charge in [-0.05, 0) is 31.0 Å². The van der Waals surface area contributed by atoms with Crippen LogP contribution >= 0.6 is 11.3 Å². The number of thiazole rings is 1. The van der Waals surface area contributed by atoms with Gasteiger partial charge >= 0.3 is 0 Å². The van der Waals surface area contributed by atoms with Gasteiger partial charge in [-0.3, -0.25) is 4.79 Å². The third kappa shape index (κ3) is 2.10. The quantitative estimate of drug-likeness (QED) is 0.915. The average Bonchev–Trinajstić information content (AvgIpc) is 2.85. The molecule has 5 heteroatoms. The highest BCUT2D eigenvalue weighted by Crippen LogP contribution is 2.36. The topological polar surface area (TPSA) is 59.4 Å². The van der Waals surface area contributed by atoms with Gasteiger partial charge in [0.15, 0.2) is 17.3 Å². The van der Waals surface area contributed by atoms with Crippen LogP contribution < -0.4 is 4.74 Å². The lowest BCUT2D eigenvalue weighted by Gasteiger charge is -2.06. The zero-order valence-corrected chi connectivity index (χ0v) is 11.3. The zero-order chi connectivity index (χ0) is 13.4. The number of nitrogens with zero attached hydrogens (tertiary/aromatic N) is 1. The molecule has 1 aromatic carbocycles. The van der Waals surface area contributed by atoms with E-state index in [1.54, 1.807) is 29.5 Å². The molecule has 2 aromatic rings. The number of phenolic OH excluding ortho intramolecular Hbond substituents is 1. The van der Waals surface area contributed by atoms with E-state index in [9.17, 15) is 9.90 Å². The van der Waals surface area contributed by atoms with Gasteiger partial charge in [0, 0.05) is 16.9 Å². The second-order valence-electron chi connectivity index (χ2n) is 4.45. The van der Waals surface area contributed by atoms with Gasteiger partial charge < -0.3 is 9.84 Å². The number of carbonyl (C=O) groups excluding carboxylic acids is 1. The van der Waals surface area contributed by atoms with Crippen LogP contribution in [0.3, 0.4) is 0 Å². The lowest BCUT2D eigenvalue weighted by molar-refractivity contribution is 0.0968. The molecule has 19 heavy (non-hydrogen) atoms. The average molecular weight is 275 g/mol. The van der Waals surface area contributed by atoms with Crippen molar-refractivity contribution in [3.63, 3.8) is 0 Å². The van der Waals surface area contributed by atoms with Gasteiger partial charge in [-0.1, -0.05) is 0 Å². The molecule has 1 aromatic heterocycles. The molecule has 1 aliphatic carbocycles. The maximum atomic E-state index is 11.8. The maximum Gasteiger partial charge on any atom is 0.182 e. The molecule has 1 N–H and O–H groups in total. The summed E-state index contributed by atoms with van der Waals surface area (Å²) < 4.78 is 5.09.